The molecule has 6 rings (SSSR count). The van der Waals surface area contributed by atoms with Gasteiger partial charge in [0.1, 0.15) is 0 Å². The number of halogens is 2. The van der Waals surface area contributed by atoms with Gasteiger partial charge in [-0.15, -0.1) is 0 Å². The molecule has 2 atom stereocenters. The van der Waals surface area contributed by atoms with E-state index in [1.54, 1.807) is 0 Å². The molecule has 0 bridgehead atoms. The van der Waals surface area contributed by atoms with Gasteiger partial charge in [-0.1, -0.05) is 23.2 Å². The van der Waals surface area contributed by atoms with Gasteiger partial charge in [0.2, 0.25) is 0 Å². The van der Waals surface area contributed by atoms with E-state index in [-0.39, 0.29) is 0 Å². The van der Waals surface area contributed by atoms with Gasteiger partial charge in [0, 0.05) is 96.9 Å². The predicted octanol–water partition coefficient (Wildman–Crippen LogP) is 4.85. The molecule has 2 aliphatic heterocycles. The zero-order valence-corrected chi connectivity index (χ0v) is 33.4. The van der Waals surface area contributed by atoms with Crippen LogP contribution in [-0.4, -0.2) is 115 Å². The van der Waals surface area contributed by atoms with Crippen LogP contribution in [0.3, 0.4) is 0 Å². The van der Waals surface area contributed by atoms with Crippen LogP contribution in [0.2, 0.25) is 10.0 Å². The van der Waals surface area contributed by atoms with E-state index in [4.69, 9.17) is 52.6 Å². The molecular formula is C29H38Cl2N6O13P4. The van der Waals surface area contributed by atoms with Crippen molar-refractivity contribution in [2.75, 3.05) is 75.2 Å². The lowest BCUT2D eigenvalue weighted by Gasteiger charge is -2.38. The summed E-state index contributed by atoms with van der Waals surface area (Å²) in [5.41, 5.74) is 4.47. The van der Waals surface area contributed by atoms with E-state index >= 15 is 0 Å². The van der Waals surface area contributed by atoms with E-state index in [1.165, 1.54) is 28.6 Å². The van der Waals surface area contributed by atoms with Crippen molar-refractivity contribution in [1.82, 2.24) is 19.8 Å². The van der Waals surface area contributed by atoms with Crippen molar-refractivity contribution in [3.63, 3.8) is 0 Å². The van der Waals surface area contributed by atoms with E-state index in [0.29, 0.717) is 0 Å². The fourth-order valence-corrected chi connectivity index (χ4v) is 10.4. The first-order chi connectivity index (χ1) is 25.3. The lowest BCUT2D eigenvalue weighted by atomic mass is 10.1. The maximum atomic E-state index is 10.7. The maximum Gasteiger partial charge on any atom is 0.490 e. The zero-order chi connectivity index (χ0) is 39.3. The largest absolute Gasteiger partial charge is 0.490 e. The Balaban J connectivity index is 0.000000281. The molecule has 0 spiro atoms. The fraction of sp³-hybridized carbons (Fsp3) is 0.379. The Labute approximate surface area is 319 Å². The van der Waals surface area contributed by atoms with E-state index in [0.717, 1.165) is 86.5 Å². The maximum absolute atomic E-state index is 10.7. The molecule has 296 valence electrons. The molecule has 0 saturated carbocycles. The zero-order valence-electron chi connectivity index (χ0n) is 28.3. The van der Waals surface area contributed by atoms with Gasteiger partial charge in [0.15, 0.2) is 0 Å². The molecular weight excluding hydrogens is 835 g/mol. The molecule has 4 aromatic rings. The summed E-state index contributed by atoms with van der Waals surface area (Å²) in [7, 11) is -22.6. The molecule has 19 nitrogen and oxygen atoms in total. The number of benzene rings is 2. The van der Waals surface area contributed by atoms with Crippen LogP contribution in [0.1, 0.15) is 6.42 Å². The van der Waals surface area contributed by atoms with Crippen molar-refractivity contribution >= 4 is 87.7 Å². The van der Waals surface area contributed by atoms with Gasteiger partial charge in [-0.3, -0.25) is 19.8 Å². The van der Waals surface area contributed by atoms with Crippen LogP contribution in [0.5, 0.6) is 0 Å². The Morgan fingerprint density at radius 2 is 0.926 bits per heavy atom. The van der Waals surface area contributed by atoms with E-state index in [2.05, 4.69) is 66.8 Å². The first-order valence-corrected chi connectivity index (χ1v) is 23.0. The standard InChI is InChI=1S/C29H32Cl2N6.H6O13P4/c30-22-2-4-24-26(20-22)32-8-6-28(24)36-16-12-34(13-17-36)10-1-11-35-14-18-37(19-15-35)29-7-9-33-27-21-23(31)3-5-25(27)29;1-14(2,3)11-16(7,8)13-17(9,10)12-15(4,5)6/h2-9,20-21H,1,10-19H2;(H,7,8)(H,9,10)(H2,1,2,3)(H2,4,5,6). The Morgan fingerprint density at radius 3 is 1.28 bits per heavy atom. The third kappa shape index (κ3) is 13.0. The second kappa shape index (κ2) is 18.0. The lowest BCUT2D eigenvalue weighted by molar-refractivity contribution is 0.194. The number of hydrogen-bond acceptors (Lipinski definition) is 13. The Hall–Kier alpha value is -2.08. The van der Waals surface area contributed by atoms with Crippen LogP contribution in [0.4, 0.5) is 11.4 Å². The summed E-state index contributed by atoms with van der Waals surface area (Å²) in [6.07, 6.45) is 5.01. The Morgan fingerprint density at radius 1 is 0.556 bits per heavy atom. The summed E-state index contributed by atoms with van der Waals surface area (Å²) in [5, 5.41) is 3.84. The number of phosphoric acid groups is 4. The summed E-state index contributed by atoms with van der Waals surface area (Å²) in [6, 6.07) is 16.3. The third-order valence-corrected chi connectivity index (χ3v) is 13.8. The number of hydrogen-bond donors (Lipinski definition) is 6. The number of pyridine rings is 2. The summed E-state index contributed by atoms with van der Waals surface area (Å²) in [5.74, 6) is 0. The van der Waals surface area contributed by atoms with Gasteiger partial charge in [-0.05, 0) is 68.0 Å². The minimum Gasteiger partial charge on any atom is -0.368 e. The van der Waals surface area contributed by atoms with Crippen LogP contribution >= 0.6 is 54.5 Å². The summed E-state index contributed by atoms with van der Waals surface area (Å²) in [6.45, 7) is 10.9. The summed E-state index contributed by atoms with van der Waals surface area (Å²) in [4.78, 5) is 68.7. The van der Waals surface area contributed by atoms with Gasteiger partial charge in [-0.25, -0.2) is 18.3 Å². The van der Waals surface area contributed by atoms with Crippen molar-refractivity contribution in [1.29, 1.82) is 0 Å². The van der Waals surface area contributed by atoms with Crippen LogP contribution < -0.4 is 9.80 Å². The van der Waals surface area contributed by atoms with Gasteiger partial charge in [0.05, 0.1) is 11.0 Å². The predicted molar refractivity (Wildman–Crippen MR) is 202 cm³/mol. The lowest BCUT2D eigenvalue weighted by Crippen LogP contribution is -2.48. The third-order valence-electron chi connectivity index (χ3n) is 8.36. The number of rotatable bonds is 12. The quantitative estimate of drug-likeness (QED) is 0.104. The van der Waals surface area contributed by atoms with Crippen molar-refractivity contribution in [2.24, 2.45) is 0 Å². The second-order valence-electron chi connectivity index (χ2n) is 12.2. The number of aromatic nitrogens is 2. The minimum absolute atomic E-state index is 0.736. The molecule has 4 heterocycles. The SMILES string of the molecule is Clc1ccc2c(N3CCN(CCCN4CCN(c5ccnc6cc(Cl)ccc56)CC4)CC3)ccnc2c1.O=P(O)(O)OP(=O)(O)OP(=O)(O)OP(=O)(O)O. The van der Waals surface area contributed by atoms with Crippen molar-refractivity contribution in [3.8, 4) is 0 Å². The molecule has 0 aliphatic carbocycles. The number of piperazine rings is 2. The van der Waals surface area contributed by atoms with E-state index < -0.39 is 31.3 Å². The second-order valence-corrected chi connectivity index (χ2v) is 18.8. The van der Waals surface area contributed by atoms with E-state index in [1.807, 2.05) is 36.7 Å². The highest BCUT2D eigenvalue weighted by atomic mass is 35.5. The first kappa shape index (κ1) is 43.1. The van der Waals surface area contributed by atoms with Crippen molar-refractivity contribution in [3.05, 3.63) is 71.0 Å². The molecule has 2 fully saturated rings. The highest BCUT2D eigenvalue weighted by Crippen LogP contribution is 2.69. The molecule has 2 unspecified atom stereocenters. The van der Waals surface area contributed by atoms with E-state index in [9.17, 15) is 18.3 Å². The van der Waals surface area contributed by atoms with Crippen molar-refractivity contribution in [2.45, 2.75) is 6.42 Å². The summed E-state index contributed by atoms with van der Waals surface area (Å²) >= 11 is 12.3. The number of nitrogens with zero attached hydrogens (tertiary/aromatic N) is 6. The highest BCUT2D eigenvalue weighted by molar-refractivity contribution is 7.69. The number of anilines is 2. The van der Waals surface area contributed by atoms with Gasteiger partial charge in [-0.2, -0.15) is 12.9 Å². The smallest absolute Gasteiger partial charge is 0.368 e. The van der Waals surface area contributed by atoms with Crippen LogP contribution in [0.15, 0.2) is 60.9 Å². The molecule has 2 saturated heterocycles. The average Bonchev–Trinajstić information content (AvgIpc) is 3.05. The van der Waals surface area contributed by atoms with Gasteiger partial charge in [0.25, 0.3) is 0 Å². The first-order valence-electron chi connectivity index (χ1n) is 16.2. The van der Waals surface area contributed by atoms with Gasteiger partial charge >= 0.3 is 31.3 Å². The normalized spacial score (nSPS) is 18.6. The van der Waals surface area contributed by atoms with Crippen molar-refractivity contribution < 1.29 is 60.6 Å². The topological polar surface area (TPSA) is 256 Å². The summed E-state index contributed by atoms with van der Waals surface area (Å²) < 4.78 is 50.9. The fourth-order valence-electron chi connectivity index (χ4n) is 6.14. The van der Waals surface area contributed by atoms with Crippen LogP contribution in [0, 0.1) is 0 Å². The highest BCUT2D eigenvalue weighted by Gasteiger charge is 2.44. The Kier molecular flexibility index (Phi) is 14.4. The molecule has 6 N–H and O–H groups in total. The molecule has 0 radical (unpaired) electrons. The molecule has 25 heteroatoms. The molecule has 2 aliphatic rings. The van der Waals surface area contributed by atoms with Crippen LogP contribution in [-0.2, 0) is 31.2 Å². The monoisotopic (exact) mass is 872 g/mol. The molecule has 0 amide bonds. The van der Waals surface area contributed by atoms with Crippen LogP contribution in [0.25, 0.3) is 21.8 Å². The average molecular weight is 873 g/mol. The number of fused-ring (bicyclic) bond motifs is 2. The minimum atomic E-state index is -5.77. The molecule has 2 aromatic heterocycles. The Bertz CT molecular complexity index is 1980. The molecule has 2 aromatic carbocycles. The molecule has 54 heavy (non-hydrogen) atoms. The van der Waals surface area contributed by atoms with Gasteiger partial charge < -0.3 is 39.2 Å².